The number of carbonyl (C=O) groups excluding carboxylic acids is 1. The number of non-ortho nitro benzene ring substituents is 1. The highest BCUT2D eigenvalue weighted by Crippen LogP contribution is 2.19. The van der Waals surface area contributed by atoms with Crippen LogP contribution in [0.5, 0.6) is 0 Å². The van der Waals surface area contributed by atoms with Gasteiger partial charge in [-0.1, -0.05) is 0 Å². The van der Waals surface area contributed by atoms with Crippen LogP contribution in [0.2, 0.25) is 0 Å². The Hall–Kier alpha value is -3.23. The average Bonchev–Trinajstić information content (AvgIpc) is 2.89. The van der Waals surface area contributed by atoms with Gasteiger partial charge in [0.25, 0.3) is 11.6 Å². The second kappa shape index (κ2) is 5.18. The lowest BCUT2D eigenvalue weighted by Gasteiger charge is -2.01. The number of nitrogens with one attached hydrogen (secondary N) is 1. The summed E-state index contributed by atoms with van der Waals surface area (Å²) in [5.41, 5.74) is 0.191. The van der Waals surface area contributed by atoms with E-state index in [-0.39, 0.29) is 11.4 Å². The van der Waals surface area contributed by atoms with E-state index < -0.39 is 21.6 Å². The lowest BCUT2D eigenvalue weighted by atomic mass is 10.3. The normalized spacial score (nSPS) is 10.0. The number of furan rings is 1. The number of nitro groups is 2. The first-order chi connectivity index (χ1) is 9.47. The number of nitrogens with zero attached hydrogens (tertiary/aromatic N) is 2. The smallest absolute Gasteiger partial charge is 0.395 e. The van der Waals surface area contributed by atoms with E-state index in [2.05, 4.69) is 5.32 Å². The summed E-state index contributed by atoms with van der Waals surface area (Å²) in [6.07, 6.45) is 0. The number of hydrogen-bond acceptors (Lipinski definition) is 6. The van der Waals surface area contributed by atoms with Crippen molar-refractivity contribution in [2.75, 3.05) is 5.32 Å². The molecule has 0 bridgehead atoms. The minimum atomic E-state index is -0.761. The molecule has 0 saturated heterocycles. The fourth-order valence-electron chi connectivity index (χ4n) is 1.41. The lowest BCUT2D eigenvalue weighted by Crippen LogP contribution is -2.10. The summed E-state index contributed by atoms with van der Waals surface area (Å²) in [6, 6.07) is 7.35. The van der Waals surface area contributed by atoms with E-state index in [0.29, 0.717) is 5.69 Å². The molecule has 0 atom stereocenters. The van der Waals surface area contributed by atoms with Gasteiger partial charge >= 0.3 is 5.88 Å². The van der Waals surface area contributed by atoms with Gasteiger partial charge in [-0.3, -0.25) is 25.0 Å². The minimum absolute atomic E-state index is 0.114. The molecule has 20 heavy (non-hydrogen) atoms. The Labute approximate surface area is 111 Å². The standard InChI is InChI=1S/C11H7N3O6/c15-11(9-5-6-10(20-9)14(18)19)12-7-1-3-8(4-2-7)13(16)17/h1-6H,(H,12,15). The van der Waals surface area contributed by atoms with Crippen molar-refractivity contribution in [2.45, 2.75) is 0 Å². The van der Waals surface area contributed by atoms with E-state index in [1.54, 1.807) is 0 Å². The Morgan fingerprint density at radius 3 is 2.15 bits per heavy atom. The third-order valence-electron chi connectivity index (χ3n) is 2.33. The van der Waals surface area contributed by atoms with Crippen LogP contribution in [-0.4, -0.2) is 15.8 Å². The summed E-state index contributed by atoms with van der Waals surface area (Å²) < 4.78 is 4.72. The van der Waals surface area contributed by atoms with Crippen LogP contribution in [0.25, 0.3) is 0 Å². The highest BCUT2D eigenvalue weighted by atomic mass is 16.6. The molecular weight excluding hydrogens is 270 g/mol. The van der Waals surface area contributed by atoms with E-state index in [0.717, 1.165) is 6.07 Å². The summed E-state index contributed by atoms with van der Waals surface area (Å²) in [5, 5.41) is 23.3. The van der Waals surface area contributed by atoms with E-state index in [4.69, 9.17) is 4.42 Å². The lowest BCUT2D eigenvalue weighted by molar-refractivity contribution is -0.402. The molecule has 1 aromatic carbocycles. The van der Waals surface area contributed by atoms with Crippen LogP contribution < -0.4 is 5.32 Å². The number of rotatable bonds is 4. The van der Waals surface area contributed by atoms with Gasteiger partial charge in [0.1, 0.15) is 4.92 Å². The molecule has 0 unspecified atom stereocenters. The van der Waals surface area contributed by atoms with Gasteiger partial charge in [0.15, 0.2) is 5.76 Å². The molecule has 9 nitrogen and oxygen atoms in total. The number of hydrogen-bond donors (Lipinski definition) is 1. The third-order valence-corrected chi connectivity index (χ3v) is 2.33. The monoisotopic (exact) mass is 277 g/mol. The summed E-state index contributed by atoms with van der Waals surface area (Å²) in [5.74, 6) is -1.46. The second-order valence-corrected chi connectivity index (χ2v) is 3.65. The number of nitro benzene ring substituents is 1. The topological polar surface area (TPSA) is 129 Å². The molecule has 0 spiro atoms. The summed E-state index contributed by atoms with van der Waals surface area (Å²) in [6.45, 7) is 0. The van der Waals surface area contributed by atoms with Gasteiger partial charge in [0.05, 0.1) is 11.0 Å². The van der Waals surface area contributed by atoms with Gasteiger partial charge < -0.3 is 9.73 Å². The van der Waals surface area contributed by atoms with Crippen molar-refractivity contribution in [3.63, 3.8) is 0 Å². The molecule has 0 fully saturated rings. The number of amides is 1. The second-order valence-electron chi connectivity index (χ2n) is 3.65. The van der Waals surface area contributed by atoms with Gasteiger partial charge in [-0.2, -0.15) is 0 Å². The molecule has 0 aliphatic carbocycles. The van der Waals surface area contributed by atoms with Gasteiger partial charge in [0.2, 0.25) is 0 Å². The Morgan fingerprint density at radius 2 is 1.65 bits per heavy atom. The van der Waals surface area contributed by atoms with Gasteiger partial charge in [-0.05, 0) is 18.2 Å². The molecule has 1 heterocycles. The van der Waals surface area contributed by atoms with E-state index in [9.17, 15) is 25.0 Å². The number of anilines is 1. The van der Waals surface area contributed by atoms with Crippen molar-refractivity contribution < 1.29 is 19.1 Å². The third kappa shape index (κ3) is 2.77. The molecule has 1 amide bonds. The maximum Gasteiger partial charge on any atom is 0.433 e. The van der Waals surface area contributed by atoms with Gasteiger partial charge in [-0.15, -0.1) is 0 Å². The van der Waals surface area contributed by atoms with Crippen LogP contribution in [0.4, 0.5) is 17.3 Å². The maximum atomic E-state index is 11.7. The molecule has 0 radical (unpaired) electrons. The molecule has 102 valence electrons. The van der Waals surface area contributed by atoms with E-state index in [1.807, 2.05) is 0 Å². The zero-order valence-corrected chi connectivity index (χ0v) is 9.81. The average molecular weight is 277 g/mol. The molecule has 0 saturated carbocycles. The SMILES string of the molecule is O=C(Nc1ccc([N+](=O)[O-])cc1)c1ccc([N+](=O)[O-])o1. The fraction of sp³-hybridized carbons (Fsp3) is 0. The zero-order valence-electron chi connectivity index (χ0n) is 9.81. The van der Waals surface area contributed by atoms with Crippen molar-refractivity contribution in [3.05, 3.63) is 62.4 Å². The molecule has 9 heteroatoms. The fourth-order valence-corrected chi connectivity index (χ4v) is 1.41. The Morgan fingerprint density at radius 1 is 1.00 bits per heavy atom. The molecular formula is C11H7N3O6. The highest BCUT2D eigenvalue weighted by Gasteiger charge is 2.17. The first kappa shape index (κ1) is 13.2. The Bertz CT molecular complexity index is 676. The predicted molar refractivity (Wildman–Crippen MR) is 66.4 cm³/mol. The van der Waals surface area contributed by atoms with Crippen molar-refractivity contribution in [3.8, 4) is 0 Å². The summed E-state index contributed by atoms with van der Waals surface area (Å²) in [4.78, 5) is 31.3. The Kier molecular flexibility index (Phi) is 3.42. The predicted octanol–water partition coefficient (Wildman–Crippen LogP) is 2.35. The van der Waals surface area contributed by atoms with Gasteiger partial charge in [0, 0.05) is 17.8 Å². The van der Waals surface area contributed by atoms with Crippen LogP contribution >= 0.6 is 0 Å². The zero-order chi connectivity index (χ0) is 14.7. The quantitative estimate of drug-likeness (QED) is 0.674. The molecule has 1 N–H and O–H groups in total. The van der Waals surface area contributed by atoms with Crippen LogP contribution in [-0.2, 0) is 0 Å². The van der Waals surface area contributed by atoms with Crippen molar-refractivity contribution >= 4 is 23.2 Å². The van der Waals surface area contributed by atoms with Crippen molar-refractivity contribution in [1.29, 1.82) is 0 Å². The summed E-state index contributed by atoms with van der Waals surface area (Å²) in [7, 11) is 0. The van der Waals surface area contributed by atoms with Crippen LogP contribution in [0, 0.1) is 20.2 Å². The molecule has 0 aliphatic heterocycles. The van der Waals surface area contributed by atoms with Gasteiger partial charge in [-0.25, -0.2) is 0 Å². The molecule has 2 aromatic rings. The minimum Gasteiger partial charge on any atom is -0.395 e. The first-order valence-electron chi connectivity index (χ1n) is 5.27. The maximum absolute atomic E-state index is 11.7. The summed E-state index contributed by atoms with van der Waals surface area (Å²) >= 11 is 0. The van der Waals surface area contributed by atoms with E-state index in [1.165, 1.54) is 30.3 Å². The number of benzene rings is 1. The molecule has 2 rings (SSSR count). The van der Waals surface area contributed by atoms with Crippen LogP contribution in [0.1, 0.15) is 10.6 Å². The van der Waals surface area contributed by atoms with E-state index >= 15 is 0 Å². The number of carbonyl (C=O) groups is 1. The molecule has 0 aliphatic rings. The van der Waals surface area contributed by atoms with Crippen molar-refractivity contribution in [2.24, 2.45) is 0 Å². The largest absolute Gasteiger partial charge is 0.433 e. The Balaban J connectivity index is 2.10. The van der Waals surface area contributed by atoms with Crippen LogP contribution in [0.3, 0.4) is 0 Å². The molecule has 1 aromatic heterocycles. The van der Waals surface area contributed by atoms with Crippen molar-refractivity contribution in [1.82, 2.24) is 0 Å². The highest BCUT2D eigenvalue weighted by molar-refractivity contribution is 6.02. The first-order valence-corrected chi connectivity index (χ1v) is 5.27. The van der Waals surface area contributed by atoms with Crippen LogP contribution in [0.15, 0.2) is 40.8 Å².